The molecule has 12 heavy (non-hydrogen) atoms. The zero-order valence-electron chi connectivity index (χ0n) is 6.23. The number of benzene rings is 1. The van der Waals surface area contributed by atoms with Gasteiger partial charge < -0.3 is 10.2 Å². The first-order valence-corrected chi connectivity index (χ1v) is 3.31. The van der Waals surface area contributed by atoms with Gasteiger partial charge in [0.2, 0.25) is 0 Å². The topological polar surface area (TPSA) is 64.2 Å². The van der Waals surface area contributed by atoms with Gasteiger partial charge in [0.1, 0.15) is 0 Å². The van der Waals surface area contributed by atoms with Crippen molar-refractivity contribution in [3.8, 4) is 6.07 Å². The van der Waals surface area contributed by atoms with Crippen molar-refractivity contribution < 1.29 is 10.2 Å². The lowest BCUT2D eigenvalue weighted by Gasteiger charge is -1.88. The Balaban J connectivity index is 3.55. The van der Waals surface area contributed by atoms with E-state index in [1.165, 1.54) is 6.07 Å². The predicted octanol–water partition coefficient (Wildman–Crippen LogP) is 0.150. The molecular formula is C9H7NO2. The SMILES string of the molecule is N#Cc1ccc(=CO)c(=CO)c1. The molecule has 0 saturated heterocycles. The average molecular weight is 161 g/mol. The summed E-state index contributed by atoms with van der Waals surface area (Å²) in [5.41, 5.74) is 0.445. The molecule has 0 amide bonds. The van der Waals surface area contributed by atoms with Crippen LogP contribution in [0, 0.1) is 11.3 Å². The van der Waals surface area contributed by atoms with Crippen LogP contribution in [-0.4, -0.2) is 10.2 Å². The van der Waals surface area contributed by atoms with E-state index in [9.17, 15) is 0 Å². The lowest BCUT2D eigenvalue weighted by molar-refractivity contribution is 0.533. The van der Waals surface area contributed by atoms with Crippen molar-refractivity contribution in [1.29, 1.82) is 5.26 Å². The van der Waals surface area contributed by atoms with E-state index in [0.29, 0.717) is 16.0 Å². The van der Waals surface area contributed by atoms with Crippen molar-refractivity contribution in [2.24, 2.45) is 0 Å². The molecule has 0 radical (unpaired) electrons. The fourth-order valence-corrected chi connectivity index (χ4v) is 0.874. The molecule has 0 aliphatic heterocycles. The molecule has 2 N–H and O–H groups in total. The van der Waals surface area contributed by atoms with Crippen molar-refractivity contribution in [1.82, 2.24) is 0 Å². The standard InChI is InChI=1S/C9H7NO2/c10-4-7-1-2-8(5-11)9(3-7)6-12/h1-3,5-6,11-12H. The van der Waals surface area contributed by atoms with Gasteiger partial charge in [-0.3, -0.25) is 0 Å². The van der Waals surface area contributed by atoms with Gasteiger partial charge in [-0.2, -0.15) is 5.26 Å². The molecule has 0 bridgehead atoms. The summed E-state index contributed by atoms with van der Waals surface area (Å²) in [6.07, 6.45) is 1.73. The van der Waals surface area contributed by atoms with Crippen LogP contribution in [0.3, 0.4) is 0 Å². The van der Waals surface area contributed by atoms with Crippen molar-refractivity contribution in [2.75, 3.05) is 0 Å². The number of hydrogen-bond acceptors (Lipinski definition) is 3. The third-order valence-electron chi connectivity index (χ3n) is 1.49. The van der Waals surface area contributed by atoms with E-state index in [0.717, 1.165) is 12.5 Å². The van der Waals surface area contributed by atoms with Gasteiger partial charge in [-0.25, -0.2) is 0 Å². The van der Waals surface area contributed by atoms with E-state index in [1.54, 1.807) is 12.1 Å². The monoisotopic (exact) mass is 161 g/mol. The van der Waals surface area contributed by atoms with E-state index < -0.39 is 0 Å². The smallest absolute Gasteiger partial charge is 0.0991 e. The molecule has 60 valence electrons. The molecule has 0 aliphatic carbocycles. The summed E-state index contributed by atoms with van der Waals surface area (Å²) in [6.45, 7) is 0. The summed E-state index contributed by atoms with van der Waals surface area (Å²) in [4.78, 5) is 0. The van der Waals surface area contributed by atoms with Crippen LogP contribution in [-0.2, 0) is 0 Å². The highest BCUT2D eigenvalue weighted by molar-refractivity contribution is 5.34. The van der Waals surface area contributed by atoms with Gasteiger partial charge in [0.05, 0.1) is 24.2 Å². The van der Waals surface area contributed by atoms with E-state index >= 15 is 0 Å². The molecular weight excluding hydrogens is 154 g/mol. The lowest BCUT2D eigenvalue weighted by Crippen LogP contribution is -2.24. The second-order valence-electron chi connectivity index (χ2n) is 2.21. The Morgan fingerprint density at radius 2 is 1.83 bits per heavy atom. The number of rotatable bonds is 0. The van der Waals surface area contributed by atoms with Crippen molar-refractivity contribution in [3.63, 3.8) is 0 Å². The van der Waals surface area contributed by atoms with Gasteiger partial charge >= 0.3 is 0 Å². The summed E-state index contributed by atoms with van der Waals surface area (Å²) in [5, 5.41) is 26.8. The highest BCUT2D eigenvalue weighted by Gasteiger charge is 1.89. The summed E-state index contributed by atoms with van der Waals surface area (Å²) < 4.78 is 0. The summed E-state index contributed by atoms with van der Waals surface area (Å²) >= 11 is 0. The van der Waals surface area contributed by atoms with Gasteiger partial charge in [-0.1, -0.05) is 0 Å². The van der Waals surface area contributed by atoms with Gasteiger partial charge in [-0.15, -0.1) is 0 Å². The predicted molar refractivity (Wildman–Crippen MR) is 44.6 cm³/mol. The summed E-state index contributed by atoms with van der Waals surface area (Å²) in [6, 6.07) is 6.54. The Labute approximate surface area is 69.1 Å². The molecule has 1 rings (SSSR count). The minimum atomic E-state index is 0.427. The Kier molecular flexibility index (Phi) is 2.34. The molecule has 0 heterocycles. The second kappa shape index (κ2) is 3.44. The Morgan fingerprint density at radius 3 is 2.33 bits per heavy atom. The van der Waals surface area contributed by atoms with E-state index in [2.05, 4.69) is 0 Å². The Morgan fingerprint density at radius 1 is 1.17 bits per heavy atom. The zero-order chi connectivity index (χ0) is 8.97. The van der Waals surface area contributed by atoms with E-state index in [4.69, 9.17) is 15.5 Å². The van der Waals surface area contributed by atoms with E-state index in [1.807, 2.05) is 6.07 Å². The number of aliphatic hydroxyl groups is 2. The zero-order valence-corrected chi connectivity index (χ0v) is 6.23. The highest BCUT2D eigenvalue weighted by atomic mass is 16.2. The number of nitriles is 1. The Bertz CT molecular complexity index is 429. The van der Waals surface area contributed by atoms with Gasteiger partial charge in [0, 0.05) is 10.4 Å². The van der Waals surface area contributed by atoms with Gasteiger partial charge in [0.25, 0.3) is 0 Å². The minimum Gasteiger partial charge on any atom is -0.515 e. The number of aliphatic hydroxyl groups excluding tert-OH is 2. The third-order valence-corrected chi connectivity index (χ3v) is 1.49. The molecule has 1 aromatic carbocycles. The largest absolute Gasteiger partial charge is 0.515 e. The molecule has 3 heteroatoms. The lowest BCUT2D eigenvalue weighted by atomic mass is 10.2. The van der Waals surface area contributed by atoms with Crippen molar-refractivity contribution in [2.45, 2.75) is 0 Å². The molecule has 0 spiro atoms. The molecule has 0 aliphatic rings. The number of hydrogen-bond donors (Lipinski definition) is 2. The normalized spacial score (nSPS) is 12.9. The molecule has 0 fully saturated rings. The molecule has 0 aromatic heterocycles. The van der Waals surface area contributed by atoms with Crippen LogP contribution >= 0.6 is 0 Å². The first-order chi connectivity index (χ1) is 5.81. The highest BCUT2D eigenvalue weighted by Crippen LogP contribution is 1.86. The van der Waals surface area contributed by atoms with Crippen LogP contribution in [0.2, 0.25) is 0 Å². The van der Waals surface area contributed by atoms with Crippen LogP contribution in [0.25, 0.3) is 12.5 Å². The first kappa shape index (κ1) is 8.15. The average Bonchev–Trinajstić information content (AvgIpc) is 2.16. The minimum absolute atomic E-state index is 0.427. The summed E-state index contributed by atoms with van der Waals surface area (Å²) in [7, 11) is 0. The maximum atomic E-state index is 8.70. The maximum absolute atomic E-state index is 8.70. The van der Waals surface area contributed by atoms with Crippen LogP contribution in [0.4, 0.5) is 0 Å². The van der Waals surface area contributed by atoms with E-state index in [-0.39, 0.29) is 0 Å². The van der Waals surface area contributed by atoms with Crippen LogP contribution < -0.4 is 10.4 Å². The van der Waals surface area contributed by atoms with Gasteiger partial charge in [-0.05, 0) is 18.2 Å². The van der Waals surface area contributed by atoms with Crippen LogP contribution in [0.15, 0.2) is 18.2 Å². The summed E-state index contributed by atoms with van der Waals surface area (Å²) in [5.74, 6) is 0. The van der Waals surface area contributed by atoms with Crippen molar-refractivity contribution in [3.05, 3.63) is 34.2 Å². The molecule has 1 aromatic rings. The van der Waals surface area contributed by atoms with Crippen LogP contribution in [0.1, 0.15) is 5.56 Å². The number of nitrogens with zero attached hydrogens (tertiary/aromatic N) is 1. The molecule has 0 saturated carbocycles. The fourth-order valence-electron chi connectivity index (χ4n) is 0.874. The second-order valence-corrected chi connectivity index (χ2v) is 2.21. The van der Waals surface area contributed by atoms with Crippen molar-refractivity contribution >= 4 is 12.5 Å². The molecule has 0 atom stereocenters. The third kappa shape index (κ3) is 1.38. The Hall–Kier alpha value is -1.95. The first-order valence-electron chi connectivity index (χ1n) is 3.31. The fraction of sp³-hybridized carbons (Fsp3) is 0. The maximum Gasteiger partial charge on any atom is 0.0991 e. The molecule has 3 nitrogen and oxygen atoms in total. The van der Waals surface area contributed by atoms with Crippen LogP contribution in [0.5, 0.6) is 0 Å². The van der Waals surface area contributed by atoms with Gasteiger partial charge in [0.15, 0.2) is 0 Å². The quantitative estimate of drug-likeness (QED) is 0.569. The molecule has 0 unspecified atom stereocenters.